The van der Waals surface area contributed by atoms with Gasteiger partial charge in [-0.1, -0.05) is 43.3 Å². The molecular weight excluding hydrogens is 686 g/mol. The molecule has 0 radical (unpaired) electrons. The van der Waals surface area contributed by atoms with Crippen LogP contribution in [0.15, 0.2) is 66.7 Å². The lowest BCUT2D eigenvalue weighted by Gasteiger charge is -2.37. The third kappa shape index (κ3) is 6.31. The summed E-state index contributed by atoms with van der Waals surface area (Å²) < 4.78 is 23.2. The Bertz CT molecular complexity index is 1900. The molecule has 7 rings (SSSR count). The summed E-state index contributed by atoms with van der Waals surface area (Å²) in [5.41, 5.74) is 1.29. The number of nitro groups is 1. The lowest BCUT2D eigenvalue weighted by molar-refractivity contribution is -0.385. The summed E-state index contributed by atoms with van der Waals surface area (Å²) in [5, 5.41) is 28.3. The fourth-order valence-electron chi connectivity index (χ4n) is 8.85. The van der Waals surface area contributed by atoms with Crippen molar-refractivity contribution in [3.8, 4) is 0 Å². The molecule has 274 valence electrons. The molecule has 52 heavy (non-hydrogen) atoms. The molecule has 0 saturated carbocycles. The van der Waals surface area contributed by atoms with Crippen LogP contribution in [0.3, 0.4) is 0 Å². The van der Waals surface area contributed by atoms with Crippen LogP contribution in [0.1, 0.15) is 48.4 Å². The van der Waals surface area contributed by atoms with Gasteiger partial charge in [0.2, 0.25) is 20.2 Å². The molecule has 3 aromatic carbocycles. The number of amides is 3. The minimum atomic E-state index is -3.64. The van der Waals surface area contributed by atoms with Crippen molar-refractivity contribution in [3.63, 3.8) is 0 Å². The maximum atomic E-state index is 16.5. The second-order valence-electron chi connectivity index (χ2n) is 15.0. The first-order valence-electron chi connectivity index (χ1n) is 17.9. The van der Waals surface area contributed by atoms with Gasteiger partial charge in [-0.3, -0.25) is 24.5 Å². The van der Waals surface area contributed by atoms with Crippen LogP contribution >= 0.6 is 0 Å². The van der Waals surface area contributed by atoms with Crippen molar-refractivity contribution in [2.75, 3.05) is 23.4 Å². The molecular formula is C38H44FN5O7Si. The first-order valence-corrected chi connectivity index (χ1v) is 20.8. The van der Waals surface area contributed by atoms with Crippen molar-refractivity contribution in [1.29, 1.82) is 0 Å². The second kappa shape index (κ2) is 13.8. The summed E-state index contributed by atoms with van der Waals surface area (Å²) in [7, 11) is -3.64. The number of aliphatic hydroxyl groups is 1. The van der Waals surface area contributed by atoms with Crippen LogP contribution < -0.4 is 15.5 Å². The predicted molar refractivity (Wildman–Crippen MR) is 195 cm³/mol. The zero-order valence-electron chi connectivity index (χ0n) is 29.5. The molecule has 4 heterocycles. The Morgan fingerprint density at radius 2 is 1.87 bits per heavy atom. The van der Waals surface area contributed by atoms with Crippen LogP contribution in [0.4, 0.5) is 21.2 Å². The number of anilines is 2. The molecule has 0 aliphatic carbocycles. The van der Waals surface area contributed by atoms with Gasteiger partial charge in [0, 0.05) is 41.4 Å². The molecule has 3 amide bonds. The summed E-state index contributed by atoms with van der Waals surface area (Å²) in [6, 6.07) is 18.4. The average molecular weight is 730 g/mol. The van der Waals surface area contributed by atoms with Crippen molar-refractivity contribution in [1.82, 2.24) is 10.2 Å². The number of rotatable bonds is 9. The first-order chi connectivity index (χ1) is 24.8. The Balaban J connectivity index is 1.19. The molecule has 0 unspecified atom stereocenters. The Labute approximate surface area is 302 Å². The van der Waals surface area contributed by atoms with Gasteiger partial charge in [-0.2, -0.15) is 0 Å². The molecule has 3 N–H and O–H groups in total. The van der Waals surface area contributed by atoms with E-state index in [-0.39, 0.29) is 55.2 Å². The van der Waals surface area contributed by atoms with E-state index < -0.39 is 48.4 Å². The number of carbonyl (C=O) groups is 3. The quantitative estimate of drug-likeness (QED) is 0.121. The highest BCUT2D eigenvalue weighted by Gasteiger charge is 2.67. The molecule has 2 fully saturated rings. The number of hydrogen-bond acceptors (Lipinski definition) is 8. The van der Waals surface area contributed by atoms with Gasteiger partial charge in [-0.25, -0.2) is 0 Å². The number of carbonyl (C=O) groups excluding carboxylic acids is 3. The van der Waals surface area contributed by atoms with Crippen LogP contribution in [0.25, 0.3) is 0 Å². The standard InChI is InChI=1S/C38H44FN5O7Si/c1-23-35(52(2,3)39)33(19-34(46)42-21-26-8-5-4-7-25(26)17-29(42)22-45)51-38(23)30-18-28(44(49)50)14-15-32(30)43(37(38)48)20-24-10-12-27(13-11-24)41-36(47)31-9-6-16-40-31/h4-5,7-8,10-15,18,23,29,31,33,35,40,45H,6,9,16-17,19-22H2,1-3H3,(H,41,47)/t23-,29-,31+,33+,35-,38+/m0/s1. The average Bonchev–Trinajstić information content (AvgIpc) is 3.82. The highest BCUT2D eigenvalue weighted by molar-refractivity contribution is 6.72. The van der Waals surface area contributed by atoms with Crippen LogP contribution in [0, 0.1) is 16.0 Å². The fraction of sp³-hybridized carbons (Fsp3) is 0.447. The Kier molecular flexibility index (Phi) is 9.53. The van der Waals surface area contributed by atoms with Crippen molar-refractivity contribution >= 4 is 43.2 Å². The van der Waals surface area contributed by atoms with Gasteiger partial charge in [-0.05, 0) is 73.8 Å². The molecule has 0 aromatic heterocycles. The van der Waals surface area contributed by atoms with E-state index >= 15 is 4.11 Å². The minimum absolute atomic E-state index is 0.0932. The molecule has 14 heteroatoms. The Hall–Kier alpha value is -4.50. The lowest BCUT2D eigenvalue weighted by atomic mass is 9.82. The maximum Gasteiger partial charge on any atom is 0.269 e. The molecule has 6 atom stereocenters. The van der Waals surface area contributed by atoms with Gasteiger partial charge in [0.25, 0.3) is 11.6 Å². The summed E-state index contributed by atoms with van der Waals surface area (Å²) in [5.74, 6) is -1.65. The molecule has 2 saturated heterocycles. The van der Waals surface area contributed by atoms with Gasteiger partial charge in [0.1, 0.15) is 0 Å². The number of fused-ring (bicyclic) bond motifs is 3. The minimum Gasteiger partial charge on any atom is -0.394 e. The molecule has 3 aromatic rings. The largest absolute Gasteiger partial charge is 0.394 e. The fourth-order valence-corrected chi connectivity index (χ4v) is 11.3. The number of ether oxygens (including phenoxy) is 1. The molecule has 0 bridgehead atoms. The summed E-state index contributed by atoms with van der Waals surface area (Å²) in [6.45, 7) is 5.76. The SMILES string of the molecule is C[C@H]1[C@H]([Si](C)(C)F)[C@@H](CC(=O)N2Cc3ccccc3C[C@H]2CO)O[C@]12C(=O)N(Cc1ccc(NC(=O)[C@H]3CCCN3)cc1)c1ccc([N+](=O)[O-])cc12. The van der Waals surface area contributed by atoms with Crippen LogP contribution in [-0.4, -0.2) is 72.4 Å². The van der Waals surface area contributed by atoms with E-state index in [0.717, 1.165) is 36.1 Å². The van der Waals surface area contributed by atoms with Crippen molar-refractivity contribution in [2.45, 2.75) is 88.1 Å². The van der Waals surface area contributed by atoms with Crippen molar-refractivity contribution < 1.29 is 33.3 Å². The number of hydrogen-bond donors (Lipinski definition) is 3. The number of nitrogens with zero attached hydrogens (tertiary/aromatic N) is 3. The molecule has 4 aliphatic heterocycles. The number of non-ortho nitro benzene ring substituents is 1. The molecule has 12 nitrogen and oxygen atoms in total. The third-order valence-electron chi connectivity index (χ3n) is 11.4. The van der Waals surface area contributed by atoms with E-state index in [4.69, 9.17) is 4.74 Å². The normalized spacial score (nSPS) is 26.8. The van der Waals surface area contributed by atoms with Gasteiger partial charge in [0.15, 0.2) is 5.60 Å². The van der Waals surface area contributed by atoms with E-state index in [0.29, 0.717) is 17.8 Å². The number of nitrogens with one attached hydrogen (secondary N) is 2. The van der Waals surface area contributed by atoms with Gasteiger partial charge in [0.05, 0.1) is 48.4 Å². The highest BCUT2D eigenvalue weighted by Crippen LogP contribution is 2.60. The van der Waals surface area contributed by atoms with E-state index in [1.54, 1.807) is 36.1 Å². The zero-order valence-corrected chi connectivity index (χ0v) is 30.5. The summed E-state index contributed by atoms with van der Waals surface area (Å²) in [6.07, 6.45) is 0.993. The number of nitro benzene ring substituents is 1. The van der Waals surface area contributed by atoms with E-state index in [1.807, 2.05) is 24.3 Å². The topological polar surface area (TPSA) is 154 Å². The second-order valence-corrected chi connectivity index (χ2v) is 18.8. The highest BCUT2D eigenvalue weighted by atomic mass is 28.4. The Morgan fingerprint density at radius 1 is 1.13 bits per heavy atom. The van der Waals surface area contributed by atoms with Crippen molar-refractivity contribution in [3.05, 3.63) is 99.1 Å². The van der Waals surface area contributed by atoms with Crippen LogP contribution in [0.2, 0.25) is 18.6 Å². The van der Waals surface area contributed by atoms with E-state index in [1.165, 1.54) is 36.2 Å². The molecule has 4 aliphatic rings. The number of benzene rings is 3. The van der Waals surface area contributed by atoms with Gasteiger partial charge >= 0.3 is 0 Å². The van der Waals surface area contributed by atoms with Crippen LogP contribution in [0.5, 0.6) is 0 Å². The number of halogens is 1. The summed E-state index contributed by atoms with van der Waals surface area (Å²) >= 11 is 0. The summed E-state index contributed by atoms with van der Waals surface area (Å²) in [4.78, 5) is 56.1. The predicted octanol–water partition coefficient (Wildman–Crippen LogP) is 4.94. The smallest absolute Gasteiger partial charge is 0.269 e. The van der Waals surface area contributed by atoms with Crippen LogP contribution in [-0.2, 0) is 44.2 Å². The third-order valence-corrected chi connectivity index (χ3v) is 13.8. The van der Waals surface area contributed by atoms with Gasteiger partial charge in [-0.15, -0.1) is 0 Å². The maximum absolute atomic E-state index is 16.5. The first kappa shape index (κ1) is 35.9. The lowest BCUT2D eigenvalue weighted by Crippen LogP contribution is -2.48. The van der Waals surface area contributed by atoms with Crippen molar-refractivity contribution in [2.24, 2.45) is 5.92 Å². The Morgan fingerprint density at radius 3 is 2.52 bits per heavy atom. The number of aliphatic hydroxyl groups excluding tert-OH is 1. The molecule has 1 spiro atoms. The van der Waals surface area contributed by atoms with Gasteiger partial charge < -0.3 is 34.4 Å². The monoisotopic (exact) mass is 729 g/mol. The van der Waals surface area contributed by atoms with E-state index in [9.17, 15) is 29.6 Å². The van der Waals surface area contributed by atoms with E-state index in [2.05, 4.69) is 10.6 Å². The zero-order chi connectivity index (χ0) is 36.9.